The summed E-state index contributed by atoms with van der Waals surface area (Å²) in [6.07, 6.45) is 0. The van der Waals surface area contributed by atoms with Crippen LogP contribution >= 0.6 is 6.57 Å². The molecule has 0 nitrogen and oxygen atoms in total. The van der Waals surface area contributed by atoms with Gasteiger partial charge in [0.2, 0.25) is 0 Å². The number of hydrogen-bond donors (Lipinski definition) is 0. The summed E-state index contributed by atoms with van der Waals surface area (Å²) in [5.41, 5.74) is 0. The van der Waals surface area contributed by atoms with Gasteiger partial charge in [-0.05, 0) is 0 Å². The molecule has 0 fully saturated rings. The first-order chi connectivity index (χ1) is 12.5. The Kier molecular flexibility index (Phi) is 6.46. The minimum Gasteiger partial charge on any atom is -0.132 e. The Balaban J connectivity index is 2.07. The molecular formula is C22H29PSi3. The molecule has 0 radical (unpaired) electrons. The van der Waals surface area contributed by atoms with Gasteiger partial charge in [-0.1, -0.05) is 133 Å². The average Bonchev–Trinajstić information content (AvgIpc) is 2.70. The first kappa shape index (κ1) is 19.5. The van der Waals surface area contributed by atoms with E-state index in [1.165, 1.54) is 0 Å². The van der Waals surface area contributed by atoms with Gasteiger partial charge in [-0.25, -0.2) is 0 Å². The van der Waals surface area contributed by atoms with E-state index in [-0.39, 0.29) is 6.57 Å². The molecular weight excluding hydrogens is 379 g/mol. The summed E-state index contributed by atoms with van der Waals surface area (Å²) in [5.74, 6) is 0. The minimum atomic E-state index is -1.51. The van der Waals surface area contributed by atoms with Crippen molar-refractivity contribution in [2.75, 3.05) is 0 Å². The van der Waals surface area contributed by atoms with Gasteiger partial charge in [-0.3, -0.25) is 0 Å². The molecule has 0 aliphatic carbocycles. The maximum atomic E-state index is 2.65. The molecule has 0 spiro atoms. The SMILES string of the molecule is C[SiH](c1ccccc1)P([SiH](C)c1ccccc1)[Si](C)(C)c1ccccc1. The standard InChI is InChI=1S/C22H29PSi3/c1-24(20-14-8-5-9-15-20)23(25(2)21-16-10-6-11-17-21)26(3,4)22-18-12-7-13-19-22/h5-19,24-25H,1-4H3. The molecule has 4 heteroatoms. The summed E-state index contributed by atoms with van der Waals surface area (Å²) in [6, 6.07) is 34.3. The van der Waals surface area contributed by atoms with Crippen molar-refractivity contribution in [3.8, 4) is 0 Å². The highest BCUT2D eigenvalue weighted by molar-refractivity contribution is 8.35. The monoisotopic (exact) mass is 408 g/mol. The zero-order valence-corrected chi connectivity index (χ0v) is 20.5. The van der Waals surface area contributed by atoms with E-state index in [9.17, 15) is 0 Å². The van der Waals surface area contributed by atoms with Crippen LogP contribution in [0.4, 0.5) is 0 Å². The molecule has 0 amide bonds. The smallest absolute Gasteiger partial charge is 0.0993 e. The molecule has 0 aliphatic heterocycles. The van der Waals surface area contributed by atoms with Crippen LogP contribution in [0.3, 0.4) is 0 Å². The summed E-state index contributed by atoms with van der Waals surface area (Å²) < 4.78 is 0. The van der Waals surface area contributed by atoms with Crippen LogP contribution in [0.1, 0.15) is 0 Å². The van der Waals surface area contributed by atoms with Crippen molar-refractivity contribution in [3.63, 3.8) is 0 Å². The van der Waals surface area contributed by atoms with Gasteiger partial charge in [0, 0.05) is 0 Å². The lowest BCUT2D eigenvalue weighted by Gasteiger charge is -2.41. The van der Waals surface area contributed by atoms with Gasteiger partial charge in [-0.2, -0.15) is 0 Å². The molecule has 26 heavy (non-hydrogen) atoms. The van der Waals surface area contributed by atoms with Crippen molar-refractivity contribution in [1.82, 2.24) is 0 Å². The van der Waals surface area contributed by atoms with Crippen LogP contribution in [-0.2, 0) is 0 Å². The third kappa shape index (κ3) is 4.17. The Morgan fingerprint density at radius 3 is 1.31 bits per heavy atom. The second kappa shape index (κ2) is 8.62. The van der Waals surface area contributed by atoms with Gasteiger partial charge in [0.25, 0.3) is 0 Å². The summed E-state index contributed by atoms with van der Waals surface area (Å²) in [4.78, 5) is 0. The normalized spacial score (nSPS) is 15.2. The van der Waals surface area contributed by atoms with Gasteiger partial charge in [0.1, 0.15) is 0 Å². The molecule has 3 aromatic rings. The topological polar surface area (TPSA) is 0 Å². The predicted octanol–water partition coefficient (Wildman–Crippen LogP) is 4.10. The number of hydrogen-bond acceptors (Lipinski definition) is 0. The molecule has 2 atom stereocenters. The second-order valence-electron chi connectivity index (χ2n) is 7.51. The van der Waals surface area contributed by atoms with Crippen LogP contribution in [-0.4, -0.2) is 24.7 Å². The van der Waals surface area contributed by atoms with Crippen molar-refractivity contribution in [2.45, 2.75) is 26.2 Å². The maximum absolute atomic E-state index is 2.65. The summed E-state index contributed by atoms with van der Waals surface area (Å²) in [6.45, 7) is 10.6. The maximum Gasteiger partial charge on any atom is 0.0993 e. The lowest BCUT2D eigenvalue weighted by molar-refractivity contribution is 1.73. The van der Waals surface area contributed by atoms with Crippen LogP contribution < -0.4 is 15.6 Å². The van der Waals surface area contributed by atoms with Crippen LogP contribution in [0.15, 0.2) is 91.0 Å². The predicted molar refractivity (Wildman–Crippen MR) is 129 cm³/mol. The lowest BCUT2D eigenvalue weighted by Crippen LogP contribution is -2.51. The van der Waals surface area contributed by atoms with Gasteiger partial charge in [0.05, 0.1) is 24.7 Å². The first-order valence-electron chi connectivity index (χ1n) is 9.45. The van der Waals surface area contributed by atoms with Gasteiger partial charge >= 0.3 is 0 Å². The summed E-state index contributed by atoms with van der Waals surface area (Å²) >= 11 is 0. The molecule has 0 heterocycles. The highest BCUT2D eigenvalue weighted by Gasteiger charge is 2.41. The van der Waals surface area contributed by atoms with Crippen molar-refractivity contribution >= 4 is 46.8 Å². The highest BCUT2D eigenvalue weighted by Crippen LogP contribution is 2.50. The summed E-state index contributed by atoms with van der Waals surface area (Å²) in [7, 11) is -3.53. The lowest BCUT2D eigenvalue weighted by atomic mass is 10.4. The van der Waals surface area contributed by atoms with Gasteiger partial charge in [-0.15, -0.1) is 6.57 Å². The van der Waals surface area contributed by atoms with E-state index in [4.69, 9.17) is 0 Å². The van der Waals surface area contributed by atoms with Gasteiger partial charge < -0.3 is 0 Å². The fraction of sp³-hybridized carbons (Fsp3) is 0.182. The molecule has 0 N–H and O–H groups in total. The third-order valence-electron chi connectivity index (χ3n) is 5.52. The van der Waals surface area contributed by atoms with Crippen LogP contribution in [0, 0.1) is 0 Å². The van der Waals surface area contributed by atoms with Crippen molar-refractivity contribution in [1.29, 1.82) is 0 Å². The Labute approximate surface area is 163 Å². The molecule has 0 bridgehead atoms. The fourth-order valence-electron chi connectivity index (χ4n) is 4.08. The number of benzene rings is 3. The van der Waals surface area contributed by atoms with E-state index in [0.29, 0.717) is 0 Å². The van der Waals surface area contributed by atoms with E-state index in [0.717, 1.165) is 0 Å². The fourth-order valence-corrected chi connectivity index (χ4v) is 54.3. The molecule has 3 rings (SSSR count). The van der Waals surface area contributed by atoms with Crippen molar-refractivity contribution in [2.24, 2.45) is 0 Å². The minimum absolute atomic E-state index is 0.0615. The Morgan fingerprint density at radius 2 is 0.923 bits per heavy atom. The Bertz CT molecular complexity index is 761. The van der Waals surface area contributed by atoms with Crippen molar-refractivity contribution in [3.05, 3.63) is 91.0 Å². The zero-order chi connectivity index (χ0) is 18.6. The van der Waals surface area contributed by atoms with E-state index in [1.54, 1.807) is 15.6 Å². The molecule has 0 aliphatic rings. The van der Waals surface area contributed by atoms with Crippen LogP contribution in [0.2, 0.25) is 26.2 Å². The Hall–Kier alpha value is -1.26. The molecule has 0 saturated heterocycles. The van der Waals surface area contributed by atoms with Gasteiger partial charge in [0.15, 0.2) is 0 Å². The average molecular weight is 409 g/mol. The number of rotatable bonds is 6. The first-order valence-corrected chi connectivity index (χ1v) is 21.3. The Morgan fingerprint density at radius 1 is 0.577 bits per heavy atom. The molecule has 0 aromatic heterocycles. The van der Waals surface area contributed by atoms with E-state index in [2.05, 4.69) is 117 Å². The van der Waals surface area contributed by atoms with Crippen LogP contribution in [0.25, 0.3) is 0 Å². The highest BCUT2D eigenvalue weighted by atomic mass is 31.8. The molecule has 0 saturated carbocycles. The van der Waals surface area contributed by atoms with Crippen LogP contribution in [0.5, 0.6) is 0 Å². The van der Waals surface area contributed by atoms with E-state index >= 15 is 0 Å². The van der Waals surface area contributed by atoms with E-state index < -0.39 is 24.7 Å². The second-order valence-corrected chi connectivity index (χ2v) is 33.8. The third-order valence-corrected chi connectivity index (χ3v) is 51.0. The largest absolute Gasteiger partial charge is 0.132 e. The summed E-state index contributed by atoms with van der Waals surface area (Å²) in [5, 5.41) is 4.97. The molecule has 134 valence electrons. The quantitative estimate of drug-likeness (QED) is 0.425. The zero-order valence-electron chi connectivity index (χ0n) is 16.3. The molecule has 3 aromatic carbocycles. The van der Waals surface area contributed by atoms with E-state index in [1.807, 2.05) is 0 Å². The molecule has 2 unspecified atom stereocenters. The van der Waals surface area contributed by atoms with Crippen molar-refractivity contribution < 1.29 is 0 Å².